The molecule has 0 unspecified atom stereocenters. The van der Waals surface area contributed by atoms with Crippen LogP contribution >= 0.6 is 0 Å². The number of primary amides is 1. The quantitative estimate of drug-likeness (QED) is 0.440. The lowest BCUT2D eigenvalue weighted by Crippen LogP contribution is -2.12. The maximum atomic E-state index is 9.66. The third-order valence-electron chi connectivity index (χ3n) is 0.329. The van der Waals surface area contributed by atoms with Gasteiger partial charge in [0.25, 0.3) is 0 Å². The first-order valence-electron chi connectivity index (χ1n) is 1.25. The van der Waals surface area contributed by atoms with E-state index in [1.54, 1.807) is 0 Å². The lowest BCUT2D eigenvalue weighted by atomic mass is 11.2. The second-order valence-corrected chi connectivity index (χ2v) is 0.744. The molecule has 5 heteroatoms. The summed E-state index contributed by atoms with van der Waals surface area (Å²) in [6.07, 6.45) is 0. The Morgan fingerprint density at radius 2 is 2.17 bits per heavy atom. The van der Waals surface area contributed by atoms with E-state index >= 15 is 0 Å². The van der Waals surface area contributed by atoms with Crippen molar-refractivity contribution in [2.24, 2.45) is 5.73 Å². The summed E-state index contributed by atoms with van der Waals surface area (Å²) >= 11 is 0. The van der Waals surface area contributed by atoms with E-state index in [0.717, 1.165) is 0 Å². The highest BCUT2D eigenvalue weighted by molar-refractivity contribution is 5.71. The fourth-order valence-corrected chi connectivity index (χ4v) is 0.0901. The number of rotatable bonds is 0. The van der Waals surface area contributed by atoms with Gasteiger partial charge >= 0.3 is 6.03 Å². The van der Waals surface area contributed by atoms with Crippen LogP contribution in [0.3, 0.4) is 0 Å². The van der Waals surface area contributed by atoms with Crippen LogP contribution in [0.5, 0.6) is 0 Å². The lowest BCUT2D eigenvalue weighted by molar-refractivity contribution is 0.242. The smallest absolute Gasteiger partial charge is 0.346 e. The van der Waals surface area contributed by atoms with E-state index in [9.17, 15) is 4.79 Å². The molecule has 1 aromatic heterocycles. The Hall–Kier alpha value is -1.13. The molecule has 0 saturated carbocycles. The third-order valence-corrected chi connectivity index (χ3v) is 0.329. The number of aromatic nitrogens is 1. The Morgan fingerprint density at radius 3 is 2.17 bits per heavy atom. The van der Waals surface area contributed by atoms with Crippen LogP contribution in [0.2, 0.25) is 0 Å². The Balaban J connectivity index is 2.62. The molecule has 0 aliphatic rings. The minimum Gasteiger partial charge on any atom is -0.346 e. The van der Waals surface area contributed by atoms with Crippen molar-refractivity contribution in [3.8, 4) is 0 Å². The molecule has 0 saturated heterocycles. The summed E-state index contributed by atoms with van der Waals surface area (Å²) in [5, 5.41) is 0. The van der Waals surface area contributed by atoms with Gasteiger partial charge in [0.15, 0.2) is 0 Å². The van der Waals surface area contributed by atoms with Gasteiger partial charge < -0.3 is 5.73 Å². The highest BCUT2D eigenvalue weighted by atomic mass is 17.3. The van der Waals surface area contributed by atoms with Crippen molar-refractivity contribution < 1.29 is 14.2 Å². The van der Waals surface area contributed by atoms with Gasteiger partial charge in [-0.25, -0.2) is 4.79 Å². The van der Waals surface area contributed by atoms with Gasteiger partial charge in [-0.15, -0.1) is 9.36 Å². The van der Waals surface area contributed by atoms with Crippen LogP contribution in [0.15, 0.2) is 9.36 Å². The van der Waals surface area contributed by atoms with Crippen LogP contribution in [0.25, 0.3) is 0 Å². The summed E-state index contributed by atoms with van der Waals surface area (Å²) in [5.74, 6) is 0. The molecule has 0 aliphatic carbocycles. The number of hydrogen-bond acceptors (Lipinski definition) is 3. The molecule has 1 aromatic rings. The van der Waals surface area contributed by atoms with Gasteiger partial charge in [-0.1, -0.05) is 0 Å². The monoisotopic (exact) mass is 90.0 g/mol. The van der Waals surface area contributed by atoms with Crippen LogP contribution in [0.4, 0.5) is 4.79 Å². The average Bonchev–Trinajstić information content (AvgIpc) is 2.06. The van der Waals surface area contributed by atoms with E-state index in [0.29, 0.717) is 4.91 Å². The van der Waals surface area contributed by atoms with Crippen molar-refractivity contribution in [1.29, 1.82) is 0 Å². The van der Waals surface area contributed by atoms with Crippen LogP contribution in [0.1, 0.15) is 0 Å². The van der Waals surface area contributed by atoms with Crippen LogP contribution in [-0.4, -0.2) is 10.9 Å². The zero-order valence-electron chi connectivity index (χ0n) is 2.75. The Bertz CT molecular complexity index is 126. The van der Waals surface area contributed by atoms with Crippen molar-refractivity contribution in [1.82, 2.24) is 4.91 Å². The van der Waals surface area contributed by atoms with Crippen molar-refractivity contribution >= 4 is 6.03 Å². The fraction of sp³-hybridized carbons (Fsp3) is 0. The molecule has 1 rings (SSSR count). The fourth-order valence-electron chi connectivity index (χ4n) is 0.0901. The van der Waals surface area contributed by atoms with E-state index in [4.69, 9.17) is 0 Å². The normalized spacial score (nSPS) is 9.33. The molecule has 1 heterocycles. The van der Waals surface area contributed by atoms with Gasteiger partial charge in [-0.3, -0.25) is 0 Å². The Kier molecular flexibility index (Phi) is 0.346. The molecule has 0 atom stereocenters. The highest BCUT2D eigenvalue weighted by Gasteiger charge is 2.06. The zero-order valence-corrected chi connectivity index (χ0v) is 2.75. The predicted molar refractivity (Wildman–Crippen MR) is 13.9 cm³/mol. The summed E-state index contributed by atoms with van der Waals surface area (Å²) in [6.45, 7) is 0. The van der Waals surface area contributed by atoms with Gasteiger partial charge in [0, 0.05) is 0 Å². The van der Waals surface area contributed by atoms with E-state index in [2.05, 4.69) is 15.1 Å². The molecule has 0 bridgehead atoms. The second-order valence-electron chi connectivity index (χ2n) is 0.744. The number of nitrogens with zero attached hydrogens (tertiary/aromatic N) is 1. The Morgan fingerprint density at radius 1 is 1.67 bits per heavy atom. The summed E-state index contributed by atoms with van der Waals surface area (Å²) in [6, 6.07) is -0.741. The zero-order chi connectivity index (χ0) is 4.57. The summed E-state index contributed by atoms with van der Waals surface area (Å²) in [7, 11) is 0. The molecule has 34 valence electrons. The van der Waals surface area contributed by atoms with E-state index in [1.165, 1.54) is 0 Å². The van der Waals surface area contributed by atoms with Crippen molar-refractivity contribution in [3.63, 3.8) is 0 Å². The first-order chi connectivity index (χ1) is 2.80. The number of nitrogens with two attached hydrogens (primary N) is 1. The molecule has 2 N–H and O–H groups in total. The summed E-state index contributed by atoms with van der Waals surface area (Å²) in [4.78, 5) is 10.2. The topological polar surface area (TPSA) is 74.3 Å². The molecule has 1 amide bonds. The standard InChI is InChI=1S/CH2N2O3/c2-1(4)3-5-6-3/h(H2,2,4). The number of hydrogen-bond donors (Lipinski definition) is 1. The number of carbonyl (C=O) groups is 1. The van der Waals surface area contributed by atoms with Gasteiger partial charge in [0.05, 0.1) is 0 Å². The molecule has 0 aliphatic heterocycles. The first kappa shape index (κ1) is 3.08. The maximum Gasteiger partial charge on any atom is 0.394 e. The molecule has 0 aromatic carbocycles. The lowest BCUT2D eigenvalue weighted by Gasteiger charge is -1.62. The number of amides is 1. The molecule has 0 fully saturated rings. The first-order valence-corrected chi connectivity index (χ1v) is 1.25. The van der Waals surface area contributed by atoms with Crippen molar-refractivity contribution in [2.75, 3.05) is 0 Å². The molecule has 6 heavy (non-hydrogen) atoms. The minimum atomic E-state index is -0.741. The Labute approximate surface area is 32.1 Å². The molecule has 5 nitrogen and oxygen atoms in total. The van der Waals surface area contributed by atoms with Gasteiger partial charge in [-0.05, 0) is 0 Å². The van der Waals surface area contributed by atoms with E-state index < -0.39 is 6.03 Å². The largest absolute Gasteiger partial charge is 0.394 e. The van der Waals surface area contributed by atoms with Crippen molar-refractivity contribution in [3.05, 3.63) is 0 Å². The van der Waals surface area contributed by atoms with Crippen LogP contribution < -0.4 is 5.73 Å². The average molecular weight is 90.0 g/mol. The van der Waals surface area contributed by atoms with Crippen LogP contribution in [-0.2, 0) is 0 Å². The number of carbonyl (C=O) groups excluding carboxylic acids is 1. The molecular formula is CH2N2O3. The van der Waals surface area contributed by atoms with Gasteiger partial charge in [-0.2, -0.15) is 0 Å². The predicted octanol–water partition coefficient (Wildman–Crippen LogP) is -0.399. The van der Waals surface area contributed by atoms with E-state index in [-0.39, 0.29) is 0 Å². The highest BCUT2D eigenvalue weighted by Crippen LogP contribution is 1.87. The summed E-state index contributed by atoms with van der Waals surface area (Å²) < 4.78 is 7.66. The van der Waals surface area contributed by atoms with Crippen molar-refractivity contribution in [2.45, 2.75) is 0 Å². The van der Waals surface area contributed by atoms with Gasteiger partial charge in [0.2, 0.25) is 0 Å². The second kappa shape index (κ2) is 0.675. The molecule has 0 radical (unpaired) electrons. The minimum absolute atomic E-state index is 0.556. The van der Waals surface area contributed by atoms with E-state index in [1.807, 2.05) is 0 Å². The van der Waals surface area contributed by atoms with Gasteiger partial charge in [0.1, 0.15) is 4.91 Å². The molecular weight excluding hydrogens is 88.0 g/mol. The third kappa shape index (κ3) is 0.291. The SMILES string of the molecule is NC(=O)n1oo1. The maximum absolute atomic E-state index is 9.66. The molecule has 0 spiro atoms. The van der Waals surface area contributed by atoms with Crippen LogP contribution in [0, 0.1) is 0 Å². The summed E-state index contributed by atoms with van der Waals surface area (Å²) in [5.41, 5.74) is 4.53.